The van der Waals surface area contributed by atoms with Gasteiger partial charge in [0.05, 0.1) is 13.4 Å². The number of benzene rings is 1. The van der Waals surface area contributed by atoms with E-state index in [1.807, 2.05) is 18.2 Å². The quantitative estimate of drug-likeness (QED) is 0.905. The van der Waals surface area contributed by atoms with Crippen molar-refractivity contribution in [1.82, 2.24) is 9.55 Å². The number of imidazole rings is 1. The number of hydrogen-bond acceptors (Lipinski definition) is 4. The van der Waals surface area contributed by atoms with E-state index in [2.05, 4.69) is 20.9 Å². The first-order valence-corrected chi connectivity index (χ1v) is 7.61. The van der Waals surface area contributed by atoms with Crippen molar-refractivity contribution >= 4 is 26.0 Å². The number of primary sulfonamides is 1. The zero-order valence-corrected chi connectivity index (χ0v) is 12.5. The van der Waals surface area contributed by atoms with Gasteiger partial charge in [0, 0.05) is 17.2 Å². The standard InChI is InChI=1S/C11H12BrN3O3S/c1-18-9-2-3-10(12)8(4-9)5-15-6-11(14-7-15)19(13,16)17/h2-4,6-7H,5H2,1H3,(H2,13,16,17). The molecule has 0 amide bonds. The number of hydrogen-bond donors (Lipinski definition) is 1. The van der Waals surface area contributed by atoms with Crippen molar-refractivity contribution in [3.8, 4) is 5.75 Å². The summed E-state index contributed by atoms with van der Waals surface area (Å²) in [7, 11) is -2.18. The molecular formula is C11H12BrN3O3S. The number of ether oxygens (including phenoxy) is 1. The van der Waals surface area contributed by atoms with Gasteiger partial charge in [-0.3, -0.25) is 0 Å². The number of halogens is 1. The Morgan fingerprint density at radius 3 is 2.79 bits per heavy atom. The zero-order chi connectivity index (χ0) is 14.0. The predicted molar refractivity (Wildman–Crippen MR) is 73.4 cm³/mol. The largest absolute Gasteiger partial charge is 0.497 e. The van der Waals surface area contributed by atoms with Gasteiger partial charge in [-0.25, -0.2) is 18.5 Å². The van der Waals surface area contributed by atoms with Gasteiger partial charge in [-0.2, -0.15) is 0 Å². The highest BCUT2D eigenvalue weighted by Gasteiger charge is 2.12. The van der Waals surface area contributed by atoms with E-state index in [0.717, 1.165) is 15.8 Å². The van der Waals surface area contributed by atoms with Crippen LogP contribution in [0.3, 0.4) is 0 Å². The molecule has 8 heteroatoms. The minimum atomic E-state index is -3.77. The minimum absolute atomic E-state index is 0.147. The van der Waals surface area contributed by atoms with Gasteiger partial charge in [-0.1, -0.05) is 15.9 Å². The Kier molecular flexibility index (Phi) is 3.93. The summed E-state index contributed by atoms with van der Waals surface area (Å²) >= 11 is 3.43. The van der Waals surface area contributed by atoms with Crippen molar-refractivity contribution in [2.75, 3.05) is 7.11 Å². The first-order chi connectivity index (χ1) is 8.90. The Morgan fingerprint density at radius 1 is 1.47 bits per heavy atom. The third kappa shape index (κ3) is 3.34. The maximum Gasteiger partial charge on any atom is 0.257 e. The predicted octanol–water partition coefficient (Wildman–Crippen LogP) is 1.35. The van der Waals surface area contributed by atoms with Crippen molar-refractivity contribution in [2.24, 2.45) is 5.14 Å². The third-order valence-electron chi connectivity index (χ3n) is 2.51. The molecule has 2 rings (SSSR count). The highest BCUT2D eigenvalue weighted by Crippen LogP contribution is 2.23. The van der Waals surface area contributed by atoms with Crippen LogP contribution in [-0.4, -0.2) is 25.1 Å². The fourth-order valence-electron chi connectivity index (χ4n) is 1.57. The lowest BCUT2D eigenvalue weighted by Gasteiger charge is -2.07. The van der Waals surface area contributed by atoms with E-state index in [1.165, 1.54) is 12.5 Å². The number of nitrogens with two attached hydrogens (primary N) is 1. The second-order valence-electron chi connectivity index (χ2n) is 3.89. The van der Waals surface area contributed by atoms with Gasteiger partial charge in [-0.15, -0.1) is 0 Å². The average molecular weight is 346 g/mol. The Morgan fingerprint density at radius 2 is 2.21 bits per heavy atom. The van der Waals surface area contributed by atoms with Crippen LogP contribution in [0.4, 0.5) is 0 Å². The van der Waals surface area contributed by atoms with Gasteiger partial charge in [0.15, 0.2) is 5.03 Å². The molecule has 0 fully saturated rings. The van der Waals surface area contributed by atoms with Crippen molar-refractivity contribution in [2.45, 2.75) is 11.6 Å². The zero-order valence-electron chi connectivity index (χ0n) is 10.1. The molecule has 0 atom stereocenters. The van der Waals surface area contributed by atoms with Crippen LogP contribution in [0.25, 0.3) is 0 Å². The monoisotopic (exact) mass is 345 g/mol. The van der Waals surface area contributed by atoms with Crippen molar-refractivity contribution < 1.29 is 13.2 Å². The summed E-state index contributed by atoms with van der Waals surface area (Å²) < 4.78 is 30.0. The number of aromatic nitrogens is 2. The van der Waals surface area contributed by atoms with Gasteiger partial charge in [-0.05, 0) is 23.8 Å². The molecule has 19 heavy (non-hydrogen) atoms. The molecule has 2 aromatic rings. The van der Waals surface area contributed by atoms with E-state index in [4.69, 9.17) is 9.88 Å². The lowest BCUT2D eigenvalue weighted by atomic mass is 10.2. The van der Waals surface area contributed by atoms with Crippen LogP contribution in [0.2, 0.25) is 0 Å². The van der Waals surface area contributed by atoms with Crippen LogP contribution < -0.4 is 9.88 Å². The molecule has 0 aliphatic carbocycles. The summed E-state index contributed by atoms with van der Waals surface area (Å²) in [4.78, 5) is 3.76. The molecule has 0 bridgehead atoms. The molecule has 0 radical (unpaired) electrons. The Bertz CT molecular complexity index is 697. The molecule has 102 valence electrons. The van der Waals surface area contributed by atoms with Crippen molar-refractivity contribution in [3.63, 3.8) is 0 Å². The first-order valence-electron chi connectivity index (χ1n) is 5.27. The highest BCUT2D eigenvalue weighted by atomic mass is 79.9. The van der Waals surface area contributed by atoms with E-state index < -0.39 is 10.0 Å². The molecular weight excluding hydrogens is 334 g/mol. The lowest BCUT2D eigenvalue weighted by molar-refractivity contribution is 0.414. The van der Waals surface area contributed by atoms with E-state index in [1.54, 1.807) is 11.7 Å². The Labute approximate surface area is 119 Å². The summed E-state index contributed by atoms with van der Waals surface area (Å²) in [5.74, 6) is 0.727. The summed E-state index contributed by atoms with van der Waals surface area (Å²) in [6, 6.07) is 5.56. The molecule has 0 saturated heterocycles. The number of methoxy groups -OCH3 is 1. The highest BCUT2D eigenvalue weighted by molar-refractivity contribution is 9.10. The maximum atomic E-state index is 11.1. The van der Waals surface area contributed by atoms with Gasteiger partial charge < -0.3 is 9.30 Å². The van der Waals surface area contributed by atoms with E-state index in [9.17, 15) is 8.42 Å². The van der Waals surface area contributed by atoms with Gasteiger partial charge >= 0.3 is 0 Å². The molecule has 0 aliphatic rings. The third-order valence-corrected chi connectivity index (χ3v) is 4.07. The summed E-state index contributed by atoms with van der Waals surface area (Å²) in [5.41, 5.74) is 0.942. The Hall–Kier alpha value is -1.38. The second kappa shape index (κ2) is 5.32. The van der Waals surface area contributed by atoms with Crippen molar-refractivity contribution in [3.05, 3.63) is 40.8 Å². The Balaban J connectivity index is 2.29. The van der Waals surface area contributed by atoms with E-state index in [-0.39, 0.29) is 5.03 Å². The van der Waals surface area contributed by atoms with Crippen LogP contribution in [0.15, 0.2) is 40.2 Å². The topological polar surface area (TPSA) is 87.2 Å². The lowest BCUT2D eigenvalue weighted by Crippen LogP contribution is -2.12. The van der Waals surface area contributed by atoms with Crippen LogP contribution in [0, 0.1) is 0 Å². The van der Waals surface area contributed by atoms with Crippen LogP contribution >= 0.6 is 15.9 Å². The number of sulfonamides is 1. The van der Waals surface area contributed by atoms with Crippen LogP contribution in [0.5, 0.6) is 5.75 Å². The summed E-state index contributed by atoms with van der Waals surface area (Å²) in [6.07, 6.45) is 2.81. The fraction of sp³-hybridized carbons (Fsp3) is 0.182. The van der Waals surface area contributed by atoms with Gasteiger partial charge in [0.1, 0.15) is 5.75 Å². The molecule has 0 spiro atoms. The molecule has 0 saturated carbocycles. The molecule has 1 aromatic carbocycles. The number of rotatable bonds is 4. The smallest absolute Gasteiger partial charge is 0.257 e. The molecule has 1 heterocycles. The SMILES string of the molecule is COc1ccc(Br)c(Cn2cnc(S(N)(=O)=O)c2)c1. The fourth-order valence-corrected chi connectivity index (χ4v) is 2.42. The maximum absolute atomic E-state index is 11.1. The number of nitrogens with zero attached hydrogens (tertiary/aromatic N) is 2. The second-order valence-corrected chi connectivity index (χ2v) is 6.25. The molecule has 1 aromatic heterocycles. The average Bonchev–Trinajstić information content (AvgIpc) is 2.80. The van der Waals surface area contributed by atoms with E-state index in [0.29, 0.717) is 6.54 Å². The van der Waals surface area contributed by atoms with Crippen LogP contribution in [0.1, 0.15) is 5.56 Å². The van der Waals surface area contributed by atoms with E-state index >= 15 is 0 Å². The summed E-state index contributed by atoms with van der Waals surface area (Å²) in [6.45, 7) is 0.459. The van der Waals surface area contributed by atoms with Crippen molar-refractivity contribution in [1.29, 1.82) is 0 Å². The molecule has 2 N–H and O–H groups in total. The minimum Gasteiger partial charge on any atom is -0.497 e. The first kappa shape index (κ1) is 14.0. The van der Waals surface area contributed by atoms with Crippen LogP contribution in [-0.2, 0) is 16.6 Å². The van der Waals surface area contributed by atoms with Gasteiger partial charge in [0.2, 0.25) is 0 Å². The molecule has 0 unspecified atom stereocenters. The molecule has 6 nitrogen and oxygen atoms in total. The normalized spacial score (nSPS) is 11.5. The summed E-state index contributed by atoms with van der Waals surface area (Å²) in [5, 5.41) is 4.86. The molecule has 0 aliphatic heterocycles. The van der Waals surface area contributed by atoms with Gasteiger partial charge in [0.25, 0.3) is 10.0 Å².